The molecule has 0 saturated carbocycles. The number of ether oxygens (including phenoxy) is 1. The second-order valence-corrected chi connectivity index (χ2v) is 4.08. The molecule has 2 aromatic rings. The largest absolute Gasteiger partial charge is 0.464 e. The predicted octanol–water partition coefficient (Wildman–Crippen LogP) is 2.37. The number of pyridine rings is 1. The number of nitrogens with zero attached hydrogens (tertiary/aromatic N) is 1. The van der Waals surface area contributed by atoms with Crippen LogP contribution in [-0.4, -0.2) is 18.1 Å². The van der Waals surface area contributed by atoms with Crippen molar-refractivity contribution in [2.45, 2.75) is 0 Å². The molecule has 2 N–H and O–H groups in total. The Morgan fingerprint density at radius 2 is 2.12 bits per heavy atom. The summed E-state index contributed by atoms with van der Waals surface area (Å²) in [5, 5.41) is 0.868. The lowest BCUT2D eigenvalue weighted by molar-refractivity contribution is 0.0594. The summed E-state index contributed by atoms with van der Waals surface area (Å²) in [6, 6.07) is 6.98. The van der Waals surface area contributed by atoms with E-state index in [1.807, 2.05) is 6.07 Å². The summed E-state index contributed by atoms with van der Waals surface area (Å²) in [7, 11) is 1.32. The second kappa shape index (κ2) is 4.09. The number of nitrogen functional groups attached to an aromatic ring is 1. The molecule has 2 rings (SSSR count). The second-order valence-electron chi connectivity index (χ2n) is 3.22. The number of hydrogen-bond donors (Lipinski definition) is 1. The zero-order valence-corrected chi connectivity index (χ0v) is 10.1. The fourth-order valence-electron chi connectivity index (χ4n) is 1.42. The smallest absolute Gasteiger partial charge is 0.356 e. The first-order chi connectivity index (χ1) is 7.63. The molecule has 0 aliphatic carbocycles. The maximum Gasteiger partial charge on any atom is 0.356 e. The molecule has 0 bridgehead atoms. The van der Waals surface area contributed by atoms with Crippen LogP contribution in [0.25, 0.3) is 10.9 Å². The number of carbonyl (C=O) groups excluding carboxylic acids is 1. The molecule has 1 heterocycles. The Bertz CT molecular complexity index is 569. The van der Waals surface area contributed by atoms with Gasteiger partial charge in [-0.2, -0.15) is 0 Å². The number of aromatic nitrogens is 1. The third kappa shape index (κ3) is 1.74. The van der Waals surface area contributed by atoms with E-state index in [1.165, 1.54) is 7.11 Å². The van der Waals surface area contributed by atoms with Crippen molar-refractivity contribution in [3.8, 4) is 0 Å². The molecule has 0 amide bonds. The fraction of sp³-hybridized carbons (Fsp3) is 0.0909. The van der Waals surface area contributed by atoms with E-state index >= 15 is 0 Å². The third-order valence-electron chi connectivity index (χ3n) is 2.23. The number of halogens is 1. The first-order valence-corrected chi connectivity index (χ1v) is 5.36. The molecule has 0 aliphatic rings. The standard InChI is InChI=1S/C11H9BrN2O2/c1-16-11(15)9-5-2-6-7(12)3-4-8(13)10(6)14-9/h2-5H,13H2,1H3. The molecule has 1 aromatic carbocycles. The molecule has 16 heavy (non-hydrogen) atoms. The molecule has 82 valence electrons. The van der Waals surface area contributed by atoms with E-state index in [-0.39, 0.29) is 5.69 Å². The first kappa shape index (κ1) is 10.9. The number of anilines is 1. The van der Waals surface area contributed by atoms with E-state index in [2.05, 4.69) is 25.7 Å². The lowest BCUT2D eigenvalue weighted by Gasteiger charge is -2.05. The normalized spacial score (nSPS) is 10.4. The van der Waals surface area contributed by atoms with E-state index in [4.69, 9.17) is 5.73 Å². The molecule has 4 nitrogen and oxygen atoms in total. The van der Waals surface area contributed by atoms with Crippen LogP contribution in [0.4, 0.5) is 5.69 Å². The van der Waals surface area contributed by atoms with Crippen molar-refractivity contribution < 1.29 is 9.53 Å². The van der Waals surface area contributed by atoms with E-state index < -0.39 is 5.97 Å². The minimum Gasteiger partial charge on any atom is -0.464 e. The summed E-state index contributed by atoms with van der Waals surface area (Å²) >= 11 is 3.40. The topological polar surface area (TPSA) is 65.2 Å². The third-order valence-corrected chi connectivity index (χ3v) is 2.92. The highest BCUT2D eigenvalue weighted by atomic mass is 79.9. The summed E-state index contributed by atoms with van der Waals surface area (Å²) < 4.78 is 5.49. The zero-order valence-electron chi connectivity index (χ0n) is 8.53. The summed E-state index contributed by atoms with van der Waals surface area (Å²) in [4.78, 5) is 15.5. The molecule has 0 aliphatic heterocycles. The number of hydrogen-bond acceptors (Lipinski definition) is 4. The van der Waals surface area contributed by atoms with Gasteiger partial charge >= 0.3 is 5.97 Å². The molecular formula is C11H9BrN2O2. The van der Waals surface area contributed by atoms with E-state index in [0.29, 0.717) is 11.2 Å². The molecule has 0 atom stereocenters. The molecule has 0 unspecified atom stereocenters. The van der Waals surface area contributed by atoms with Crippen molar-refractivity contribution in [1.82, 2.24) is 4.98 Å². The van der Waals surface area contributed by atoms with Crippen LogP contribution in [-0.2, 0) is 4.74 Å². The Kier molecular flexibility index (Phi) is 2.78. The monoisotopic (exact) mass is 280 g/mol. The summed E-state index contributed by atoms with van der Waals surface area (Å²) in [6.07, 6.45) is 0. The van der Waals surface area contributed by atoms with Crippen LogP contribution in [0.1, 0.15) is 10.5 Å². The summed E-state index contributed by atoms with van der Waals surface area (Å²) in [6.45, 7) is 0. The highest BCUT2D eigenvalue weighted by molar-refractivity contribution is 9.10. The van der Waals surface area contributed by atoms with Crippen molar-refractivity contribution in [2.75, 3.05) is 12.8 Å². The highest BCUT2D eigenvalue weighted by Crippen LogP contribution is 2.27. The molecule has 5 heteroatoms. The van der Waals surface area contributed by atoms with Gasteiger partial charge in [0.15, 0.2) is 0 Å². The van der Waals surface area contributed by atoms with E-state index in [0.717, 1.165) is 9.86 Å². The van der Waals surface area contributed by atoms with Crippen molar-refractivity contribution in [3.05, 3.63) is 34.4 Å². The van der Waals surface area contributed by atoms with Gasteiger partial charge in [0, 0.05) is 9.86 Å². The average molecular weight is 281 g/mol. The molecular weight excluding hydrogens is 272 g/mol. The number of rotatable bonds is 1. The van der Waals surface area contributed by atoms with Crippen LogP contribution in [0.15, 0.2) is 28.7 Å². The van der Waals surface area contributed by atoms with Gasteiger partial charge in [-0.05, 0) is 24.3 Å². The maximum atomic E-state index is 11.3. The van der Waals surface area contributed by atoms with Gasteiger partial charge in [-0.1, -0.05) is 15.9 Å². The van der Waals surface area contributed by atoms with Crippen LogP contribution in [0, 0.1) is 0 Å². The lowest BCUT2D eigenvalue weighted by Crippen LogP contribution is -2.04. The Morgan fingerprint density at radius 3 is 2.81 bits per heavy atom. The average Bonchev–Trinajstić information content (AvgIpc) is 2.32. The minimum atomic E-state index is -0.471. The highest BCUT2D eigenvalue weighted by Gasteiger charge is 2.10. The SMILES string of the molecule is COC(=O)c1ccc2c(Br)ccc(N)c2n1. The molecule has 1 aromatic heterocycles. The van der Waals surface area contributed by atoms with Crippen LogP contribution < -0.4 is 5.73 Å². The maximum absolute atomic E-state index is 11.3. The van der Waals surface area contributed by atoms with Gasteiger partial charge in [-0.3, -0.25) is 0 Å². The number of nitrogens with two attached hydrogens (primary N) is 1. The number of benzene rings is 1. The quantitative estimate of drug-likeness (QED) is 0.643. The van der Waals surface area contributed by atoms with Crippen LogP contribution in [0.2, 0.25) is 0 Å². The first-order valence-electron chi connectivity index (χ1n) is 4.56. The Hall–Kier alpha value is -1.62. The number of carbonyl (C=O) groups is 1. The van der Waals surface area contributed by atoms with Crippen molar-refractivity contribution in [3.63, 3.8) is 0 Å². The van der Waals surface area contributed by atoms with Crippen LogP contribution in [0.3, 0.4) is 0 Å². The lowest BCUT2D eigenvalue weighted by atomic mass is 10.2. The molecule has 0 fully saturated rings. The van der Waals surface area contributed by atoms with Crippen molar-refractivity contribution >= 4 is 38.5 Å². The Labute approximate surface area is 101 Å². The minimum absolute atomic E-state index is 0.250. The van der Waals surface area contributed by atoms with E-state index in [9.17, 15) is 4.79 Å². The van der Waals surface area contributed by atoms with Gasteiger partial charge in [0.2, 0.25) is 0 Å². The number of methoxy groups -OCH3 is 1. The van der Waals surface area contributed by atoms with Crippen LogP contribution in [0.5, 0.6) is 0 Å². The Morgan fingerprint density at radius 1 is 1.38 bits per heavy atom. The van der Waals surface area contributed by atoms with Crippen molar-refractivity contribution in [1.29, 1.82) is 0 Å². The van der Waals surface area contributed by atoms with Gasteiger partial charge in [0.05, 0.1) is 18.3 Å². The number of esters is 1. The predicted molar refractivity (Wildman–Crippen MR) is 65.2 cm³/mol. The van der Waals surface area contributed by atoms with E-state index in [1.54, 1.807) is 18.2 Å². The zero-order chi connectivity index (χ0) is 11.7. The van der Waals surface area contributed by atoms with Gasteiger partial charge < -0.3 is 10.5 Å². The summed E-state index contributed by atoms with van der Waals surface area (Å²) in [5.74, 6) is -0.471. The van der Waals surface area contributed by atoms with Gasteiger partial charge in [0.25, 0.3) is 0 Å². The molecule has 0 spiro atoms. The van der Waals surface area contributed by atoms with Gasteiger partial charge in [0.1, 0.15) is 5.69 Å². The van der Waals surface area contributed by atoms with Gasteiger partial charge in [-0.15, -0.1) is 0 Å². The van der Waals surface area contributed by atoms with Crippen LogP contribution >= 0.6 is 15.9 Å². The summed E-state index contributed by atoms with van der Waals surface area (Å²) in [5.41, 5.74) is 7.18. The van der Waals surface area contributed by atoms with Crippen molar-refractivity contribution in [2.24, 2.45) is 0 Å². The molecule has 0 saturated heterocycles. The fourth-order valence-corrected chi connectivity index (χ4v) is 1.87. The van der Waals surface area contributed by atoms with Gasteiger partial charge in [-0.25, -0.2) is 9.78 Å². The Balaban J connectivity index is 2.70. The molecule has 0 radical (unpaired) electrons. The number of fused-ring (bicyclic) bond motifs is 1.